The molecule has 130 valence electrons. The minimum Gasteiger partial charge on any atom is -0.493 e. The van der Waals surface area contributed by atoms with Crippen molar-refractivity contribution < 1.29 is 14.3 Å². The van der Waals surface area contributed by atoms with Crippen LogP contribution < -0.4 is 15.2 Å². The number of carbonyl (C=O) groups excluding carboxylic acids is 1. The summed E-state index contributed by atoms with van der Waals surface area (Å²) in [7, 11) is 1.62. The van der Waals surface area contributed by atoms with E-state index in [-0.39, 0.29) is 11.8 Å². The molecule has 25 heavy (non-hydrogen) atoms. The Morgan fingerprint density at radius 2 is 2.24 bits per heavy atom. The van der Waals surface area contributed by atoms with E-state index in [0.717, 1.165) is 22.6 Å². The highest BCUT2D eigenvalue weighted by molar-refractivity contribution is 5.80. The highest BCUT2D eigenvalue weighted by Gasteiger charge is 2.32. The number of anilines is 1. The molecule has 1 aromatic heterocycles. The Kier molecular flexibility index (Phi) is 3.91. The van der Waals surface area contributed by atoms with Crippen molar-refractivity contribution in [2.45, 2.75) is 19.4 Å². The van der Waals surface area contributed by atoms with E-state index in [2.05, 4.69) is 10.2 Å². The lowest BCUT2D eigenvalue weighted by Gasteiger charge is -2.33. The van der Waals surface area contributed by atoms with Crippen molar-refractivity contribution in [2.24, 2.45) is 5.92 Å². The van der Waals surface area contributed by atoms with Crippen LogP contribution >= 0.6 is 0 Å². The lowest BCUT2D eigenvalue weighted by atomic mass is 9.94. The van der Waals surface area contributed by atoms with E-state index < -0.39 is 0 Å². The van der Waals surface area contributed by atoms with Gasteiger partial charge in [0.15, 0.2) is 11.5 Å². The number of aromatic nitrogens is 2. The van der Waals surface area contributed by atoms with E-state index in [4.69, 9.17) is 15.2 Å². The van der Waals surface area contributed by atoms with E-state index in [9.17, 15) is 4.79 Å². The van der Waals surface area contributed by atoms with Gasteiger partial charge in [-0.3, -0.25) is 4.79 Å². The van der Waals surface area contributed by atoms with Gasteiger partial charge in [-0.1, -0.05) is 12.1 Å². The maximum atomic E-state index is 13.0. The van der Waals surface area contributed by atoms with Gasteiger partial charge in [0.1, 0.15) is 12.4 Å². The largest absolute Gasteiger partial charge is 0.493 e. The van der Waals surface area contributed by atoms with Gasteiger partial charge in [-0.15, -0.1) is 5.10 Å². The summed E-state index contributed by atoms with van der Waals surface area (Å²) in [6.07, 6.45) is 1.36. The monoisotopic (exact) mass is 340 g/mol. The van der Waals surface area contributed by atoms with Gasteiger partial charge in [-0.05, 0) is 29.7 Å². The molecular formula is C18H20N4O3. The number of fused-ring (bicyclic) bond motifs is 2. The Hall–Kier alpha value is -2.83. The van der Waals surface area contributed by atoms with Gasteiger partial charge in [0, 0.05) is 19.5 Å². The molecule has 0 radical (unpaired) electrons. The van der Waals surface area contributed by atoms with Crippen molar-refractivity contribution in [1.82, 2.24) is 15.1 Å². The predicted molar refractivity (Wildman–Crippen MR) is 91.2 cm³/mol. The third-order valence-electron chi connectivity index (χ3n) is 4.80. The van der Waals surface area contributed by atoms with Gasteiger partial charge in [-0.25, -0.2) is 0 Å². The van der Waals surface area contributed by atoms with Crippen LogP contribution in [0.15, 0.2) is 24.3 Å². The van der Waals surface area contributed by atoms with Crippen LogP contribution in [0.2, 0.25) is 0 Å². The first-order valence-electron chi connectivity index (χ1n) is 8.34. The smallest absolute Gasteiger partial charge is 0.229 e. The molecule has 4 rings (SSSR count). The Morgan fingerprint density at radius 1 is 1.36 bits per heavy atom. The molecule has 1 unspecified atom stereocenters. The molecule has 0 saturated heterocycles. The minimum absolute atomic E-state index is 0.106. The number of methoxy groups -OCH3 is 1. The van der Waals surface area contributed by atoms with Crippen molar-refractivity contribution in [3.63, 3.8) is 0 Å². The average molecular weight is 340 g/mol. The lowest BCUT2D eigenvalue weighted by Crippen LogP contribution is -2.43. The van der Waals surface area contributed by atoms with Gasteiger partial charge in [0.05, 0.1) is 18.7 Å². The number of hydrogen-bond donors (Lipinski definition) is 1. The van der Waals surface area contributed by atoms with Crippen molar-refractivity contribution in [1.29, 1.82) is 0 Å². The summed E-state index contributed by atoms with van der Waals surface area (Å²) in [5, 5.41) is 8.01. The lowest BCUT2D eigenvalue weighted by molar-refractivity contribution is -0.137. The van der Waals surface area contributed by atoms with Gasteiger partial charge in [-0.2, -0.15) is 5.10 Å². The molecule has 0 aliphatic carbocycles. The second-order valence-corrected chi connectivity index (χ2v) is 6.41. The number of nitrogen functional groups attached to an aromatic ring is 1. The topological polar surface area (TPSA) is 90.6 Å². The maximum absolute atomic E-state index is 13.0. The summed E-state index contributed by atoms with van der Waals surface area (Å²) < 4.78 is 11.2. The van der Waals surface area contributed by atoms with E-state index >= 15 is 0 Å². The predicted octanol–water partition coefficient (Wildman–Crippen LogP) is 1.20. The Morgan fingerprint density at radius 3 is 3.08 bits per heavy atom. The zero-order chi connectivity index (χ0) is 17.4. The molecule has 1 atom stereocenters. The highest BCUT2D eigenvalue weighted by atomic mass is 16.5. The molecule has 3 heterocycles. The molecular weight excluding hydrogens is 320 g/mol. The first-order valence-corrected chi connectivity index (χ1v) is 8.34. The standard InChI is InChI=1S/C18H20N4O3/c1-24-15-4-2-3-11-7-13(10-25-17(11)15)18(23)22-6-5-14-12(9-22)8-16(19)21-20-14/h2-4,8,13H,5-7,9-10H2,1H3,(H2,19,21). The molecule has 0 spiro atoms. The number of rotatable bonds is 2. The van der Waals surface area contributed by atoms with E-state index in [1.807, 2.05) is 23.1 Å². The van der Waals surface area contributed by atoms with Gasteiger partial charge in [0.2, 0.25) is 5.91 Å². The van der Waals surface area contributed by atoms with Gasteiger partial charge in [0.25, 0.3) is 0 Å². The Balaban J connectivity index is 1.51. The summed E-state index contributed by atoms with van der Waals surface area (Å²) >= 11 is 0. The number of nitrogens with zero attached hydrogens (tertiary/aromatic N) is 3. The number of ether oxygens (including phenoxy) is 2. The molecule has 0 bridgehead atoms. The SMILES string of the molecule is COc1cccc2c1OCC(C(=O)N1CCc3nnc(N)cc3C1)C2. The zero-order valence-corrected chi connectivity index (χ0v) is 14.1. The van der Waals surface area contributed by atoms with Crippen LogP contribution in [0.4, 0.5) is 5.82 Å². The van der Waals surface area contributed by atoms with Gasteiger partial charge >= 0.3 is 0 Å². The number of benzene rings is 1. The molecule has 2 aromatic rings. The quantitative estimate of drug-likeness (QED) is 0.883. The highest BCUT2D eigenvalue weighted by Crippen LogP contribution is 2.36. The van der Waals surface area contributed by atoms with Crippen LogP contribution in [0.3, 0.4) is 0 Å². The molecule has 0 saturated carbocycles. The maximum Gasteiger partial charge on any atom is 0.229 e. The molecule has 2 aliphatic rings. The summed E-state index contributed by atoms with van der Waals surface area (Å²) in [5.74, 6) is 1.77. The fourth-order valence-corrected chi connectivity index (χ4v) is 3.51. The molecule has 2 aliphatic heterocycles. The summed E-state index contributed by atoms with van der Waals surface area (Å²) in [6.45, 7) is 1.54. The molecule has 7 nitrogen and oxygen atoms in total. The van der Waals surface area contributed by atoms with E-state index in [0.29, 0.717) is 44.1 Å². The van der Waals surface area contributed by atoms with Crippen molar-refractivity contribution in [2.75, 3.05) is 26.0 Å². The molecule has 2 N–H and O–H groups in total. The van der Waals surface area contributed by atoms with Crippen molar-refractivity contribution >= 4 is 11.7 Å². The second-order valence-electron chi connectivity index (χ2n) is 6.41. The fraction of sp³-hybridized carbons (Fsp3) is 0.389. The second kappa shape index (κ2) is 6.23. The fourth-order valence-electron chi connectivity index (χ4n) is 3.51. The zero-order valence-electron chi connectivity index (χ0n) is 14.1. The number of hydrogen-bond acceptors (Lipinski definition) is 6. The number of amides is 1. The first kappa shape index (κ1) is 15.7. The number of nitrogens with two attached hydrogens (primary N) is 1. The normalized spacial score (nSPS) is 18.8. The van der Waals surface area contributed by atoms with Crippen LogP contribution in [0, 0.1) is 5.92 Å². The molecule has 1 amide bonds. The summed E-state index contributed by atoms with van der Waals surface area (Å²) in [5.41, 5.74) is 8.63. The van der Waals surface area contributed by atoms with Crippen molar-refractivity contribution in [3.05, 3.63) is 41.1 Å². The van der Waals surface area contributed by atoms with E-state index in [1.54, 1.807) is 13.2 Å². The van der Waals surface area contributed by atoms with Crippen LogP contribution in [-0.4, -0.2) is 41.3 Å². The molecule has 1 aromatic carbocycles. The van der Waals surface area contributed by atoms with Crippen LogP contribution in [0.1, 0.15) is 16.8 Å². The van der Waals surface area contributed by atoms with E-state index in [1.165, 1.54) is 0 Å². The Labute approximate surface area is 145 Å². The van der Waals surface area contributed by atoms with Crippen LogP contribution in [-0.2, 0) is 24.2 Å². The summed E-state index contributed by atoms with van der Waals surface area (Å²) in [6, 6.07) is 7.58. The van der Waals surface area contributed by atoms with Crippen LogP contribution in [0.5, 0.6) is 11.5 Å². The summed E-state index contributed by atoms with van der Waals surface area (Å²) in [4.78, 5) is 14.8. The van der Waals surface area contributed by atoms with Crippen LogP contribution in [0.25, 0.3) is 0 Å². The minimum atomic E-state index is -0.187. The third-order valence-corrected chi connectivity index (χ3v) is 4.80. The molecule has 7 heteroatoms. The third kappa shape index (κ3) is 2.86. The molecule has 0 fully saturated rings. The van der Waals surface area contributed by atoms with Crippen molar-refractivity contribution in [3.8, 4) is 11.5 Å². The first-order chi connectivity index (χ1) is 12.2. The number of carbonyl (C=O) groups is 1. The average Bonchev–Trinajstić information content (AvgIpc) is 2.65. The number of para-hydroxylation sites is 1. The Bertz CT molecular complexity index is 824. The van der Waals surface area contributed by atoms with Gasteiger partial charge < -0.3 is 20.1 Å².